The summed E-state index contributed by atoms with van der Waals surface area (Å²) >= 11 is 9.59. The van der Waals surface area contributed by atoms with Crippen LogP contribution < -0.4 is 4.74 Å². The van der Waals surface area contributed by atoms with Gasteiger partial charge in [0.05, 0.1) is 0 Å². The molecule has 0 spiro atoms. The van der Waals surface area contributed by atoms with E-state index < -0.39 is 0 Å². The van der Waals surface area contributed by atoms with Crippen LogP contribution in [0.5, 0.6) is 5.75 Å². The van der Waals surface area contributed by atoms with Crippen LogP contribution in [0.25, 0.3) is 0 Å². The van der Waals surface area contributed by atoms with Crippen molar-refractivity contribution in [2.75, 3.05) is 0 Å². The maximum atomic E-state index is 6.19. The van der Waals surface area contributed by atoms with Crippen LogP contribution in [0, 0.1) is 0 Å². The van der Waals surface area contributed by atoms with Gasteiger partial charge in [-0.15, -0.1) is 0 Å². The topological polar surface area (TPSA) is 9.23 Å². The standard InChI is InChI=1S/C16H16BrClO/c1-11(2)14-5-3-4-6-16(14)19-10-12-7-8-13(17)9-15(12)18/h3-9,11H,10H2,1-2H3. The molecule has 0 aliphatic heterocycles. The van der Waals surface area contributed by atoms with Crippen LogP contribution in [0.3, 0.4) is 0 Å². The average molecular weight is 340 g/mol. The van der Waals surface area contributed by atoms with E-state index in [1.165, 1.54) is 5.56 Å². The predicted octanol–water partition coefficient (Wildman–Crippen LogP) is 5.80. The Balaban J connectivity index is 2.14. The number of para-hydroxylation sites is 1. The molecule has 3 heteroatoms. The second-order valence-corrected chi connectivity index (χ2v) is 6.04. The molecule has 0 heterocycles. The molecule has 0 bridgehead atoms. The Bertz CT molecular complexity index is 566. The molecule has 2 aromatic carbocycles. The first-order valence-corrected chi connectivity index (χ1v) is 7.40. The molecule has 0 atom stereocenters. The molecular weight excluding hydrogens is 324 g/mol. The Labute approximate surface area is 127 Å². The van der Waals surface area contributed by atoms with Crippen molar-refractivity contribution in [3.8, 4) is 5.75 Å². The number of hydrogen-bond acceptors (Lipinski definition) is 1. The van der Waals surface area contributed by atoms with Crippen LogP contribution in [0.1, 0.15) is 30.9 Å². The summed E-state index contributed by atoms with van der Waals surface area (Å²) in [6.07, 6.45) is 0. The lowest BCUT2D eigenvalue weighted by atomic mass is 10.0. The molecule has 2 aromatic rings. The molecular formula is C16H16BrClO. The van der Waals surface area contributed by atoms with E-state index in [2.05, 4.69) is 35.8 Å². The highest BCUT2D eigenvalue weighted by molar-refractivity contribution is 9.10. The molecule has 0 N–H and O–H groups in total. The summed E-state index contributed by atoms with van der Waals surface area (Å²) < 4.78 is 6.88. The minimum atomic E-state index is 0.441. The molecule has 0 unspecified atom stereocenters. The molecule has 0 saturated heterocycles. The van der Waals surface area contributed by atoms with E-state index in [0.717, 1.165) is 20.8 Å². The zero-order valence-electron chi connectivity index (χ0n) is 11.0. The molecule has 0 aliphatic carbocycles. The van der Waals surface area contributed by atoms with E-state index in [-0.39, 0.29) is 0 Å². The van der Waals surface area contributed by atoms with Gasteiger partial charge in [0, 0.05) is 15.1 Å². The van der Waals surface area contributed by atoms with E-state index in [4.69, 9.17) is 16.3 Å². The predicted molar refractivity (Wildman–Crippen MR) is 84.0 cm³/mol. The summed E-state index contributed by atoms with van der Waals surface area (Å²) in [6.45, 7) is 4.81. The average Bonchev–Trinajstić information content (AvgIpc) is 2.38. The second-order valence-electron chi connectivity index (χ2n) is 4.72. The van der Waals surface area contributed by atoms with Crippen LogP contribution in [0.2, 0.25) is 5.02 Å². The van der Waals surface area contributed by atoms with Gasteiger partial charge in [-0.3, -0.25) is 0 Å². The van der Waals surface area contributed by atoms with Gasteiger partial charge in [-0.2, -0.15) is 0 Å². The summed E-state index contributed by atoms with van der Waals surface area (Å²) in [4.78, 5) is 0. The van der Waals surface area contributed by atoms with Gasteiger partial charge in [0.25, 0.3) is 0 Å². The van der Waals surface area contributed by atoms with E-state index in [1.807, 2.05) is 36.4 Å². The molecule has 0 fully saturated rings. The van der Waals surface area contributed by atoms with Crippen molar-refractivity contribution in [2.45, 2.75) is 26.4 Å². The van der Waals surface area contributed by atoms with Crippen LogP contribution in [0.4, 0.5) is 0 Å². The molecule has 0 aromatic heterocycles. The summed E-state index contributed by atoms with van der Waals surface area (Å²) in [5.41, 5.74) is 2.21. The van der Waals surface area contributed by atoms with Gasteiger partial charge in [-0.1, -0.05) is 65.6 Å². The van der Waals surface area contributed by atoms with Gasteiger partial charge < -0.3 is 4.74 Å². The number of benzene rings is 2. The zero-order valence-corrected chi connectivity index (χ0v) is 13.3. The van der Waals surface area contributed by atoms with Gasteiger partial charge >= 0.3 is 0 Å². The Kier molecular flexibility index (Phi) is 4.89. The summed E-state index contributed by atoms with van der Waals surface area (Å²) in [5, 5.41) is 0.719. The molecule has 0 radical (unpaired) electrons. The normalized spacial score (nSPS) is 10.8. The van der Waals surface area contributed by atoms with Gasteiger partial charge in [0.15, 0.2) is 0 Å². The summed E-state index contributed by atoms with van der Waals surface area (Å²) in [6, 6.07) is 14.0. The van der Waals surface area contributed by atoms with Gasteiger partial charge in [-0.25, -0.2) is 0 Å². The smallest absolute Gasteiger partial charge is 0.123 e. The third kappa shape index (κ3) is 3.74. The van der Waals surface area contributed by atoms with Crippen molar-refractivity contribution < 1.29 is 4.74 Å². The van der Waals surface area contributed by atoms with E-state index in [0.29, 0.717) is 12.5 Å². The lowest BCUT2D eigenvalue weighted by Gasteiger charge is -2.14. The number of ether oxygens (including phenoxy) is 1. The van der Waals surface area contributed by atoms with Crippen LogP contribution >= 0.6 is 27.5 Å². The van der Waals surface area contributed by atoms with Crippen molar-refractivity contribution in [3.05, 3.63) is 63.1 Å². The monoisotopic (exact) mass is 338 g/mol. The lowest BCUT2D eigenvalue weighted by molar-refractivity contribution is 0.302. The Morgan fingerprint density at radius 2 is 1.89 bits per heavy atom. The van der Waals surface area contributed by atoms with Crippen molar-refractivity contribution >= 4 is 27.5 Å². The fraction of sp³-hybridized carbons (Fsp3) is 0.250. The highest BCUT2D eigenvalue weighted by Gasteiger charge is 2.08. The third-order valence-electron chi connectivity index (χ3n) is 2.94. The zero-order chi connectivity index (χ0) is 13.8. The highest BCUT2D eigenvalue weighted by Crippen LogP contribution is 2.28. The van der Waals surface area contributed by atoms with E-state index >= 15 is 0 Å². The Hall–Kier alpha value is -0.990. The quantitative estimate of drug-likeness (QED) is 0.683. The second kappa shape index (κ2) is 6.44. The minimum Gasteiger partial charge on any atom is -0.489 e. The molecule has 100 valence electrons. The van der Waals surface area contributed by atoms with Crippen molar-refractivity contribution in [3.63, 3.8) is 0 Å². The Morgan fingerprint density at radius 3 is 2.58 bits per heavy atom. The van der Waals surface area contributed by atoms with Gasteiger partial charge in [0.2, 0.25) is 0 Å². The van der Waals surface area contributed by atoms with Crippen LogP contribution in [-0.4, -0.2) is 0 Å². The van der Waals surface area contributed by atoms with Crippen LogP contribution in [0.15, 0.2) is 46.9 Å². The van der Waals surface area contributed by atoms with Crippen molar-refractivity contribution in [1.82, 2.24) is 0 Å². The lowest BCUT2D eigenvalue weighted by Crippen LogP contribution is -2.00. The number of hydrogen-bond donors (Lipinski definition) is 0. The first-order valence-electron chi connectivity index (χ1n) is 6.23. The van der Waals surface area contributed by atoms with Crippen molar-refractivity contribution in [1.29, 1.82) is 0 Å². The molecule has 0 aliphatic rings. The van der Waals surface area contributed by atoms with Crippen LogP contribution in [-0.2, 0) is 6.61 Å². The third-order valence-corrected chi connectivity index (χ3v) is 3.78. The maximum absolute atomic E-state index is 6.19. The Morgan fingerprint density at radius 1 is 1.16 bits per heavy atom. The molecule has 0 saturated carbocycles. The largest absolute Gasteiger partial charge is 0.489 e. The minimum absolute atomic E-state index is 0.441. The number of halogens is 2. The molecule has 19 heavy (non-hydrogen) atoms. The molecule has 1 nitrogen and oxygen atoms in total. The fourth-order valence-electron chi connectivity index (χ4n) is 1.88. The van der Waals surface area contributed by atoms with Gasteiger partial charge in [-0.05, 0) is 29.7 Å². The highest BCUT2D eigenvalue weighted by atomic mass is 79.9. The van der Waals surface area contributed by atoms with E-state index in [9.17, 15) is 0 Å². The SMILES string of the molecule is CC(C)c1ccccc1OCc1ccc(Br)cc1Cl. The number of rotatable bonds is 4. The molecule has 0 amide bonds. The first kappa shape index (κ1) is 14.4. The fourth-order valence-corrected chi connectivity index (χ4v) is 2.61. The summed E-state index contributed by atoms with van der Waals surface area (Å²) in [7, 11) is 0. The first-order chi connectivity index (χ1) is 9.08. The van der Waals surface area contributed by atoms with Crippen molar-refractivity contribution in [2.24, 2.45) is 0 Å². The maximum Gasteiger partial charge on any atom is 0.123 e. The van der Waals surface area contributed by atoms with Gasteiger partial charge in [0.1, 0.15) is 12.4 Å². The molecule has 2 rings (SSSR count). The summed E-state index contributed by atoms with van der Waals surface area (Å²) in [5.74, 6) is 1.37. The van der Waals surface area contributed by atoms with E-state index in [1.54, 1.807) is 0 Å².